The average Bonchev–Trinajstić information content (AvgIpc) is 3.27. The molecule has 0 saturated carbocycles. The molecule has 2 aliphatic rings. The Morgan fingerprint density at radius 1 is 0.536 bits per heavy atom. The predicted molar refractivity (Wildman–Crippen MR) is 238 cm³/mol. The van der Waals surface area contributed by atoms with E-state index in [1.54, 1.807) is 6.92 Å². The number of esters is 2. The molecule has 6 rings (SSSR count). The third-order valence-corrected chi connectivity index (χ3v) is 12.0. The molecule has 0 unspecified atom stereocenters. The molecular formula is C51H58F8O10. The number of hydrogen-bond donors (Lipinski definition) is 0. The van der Waals surface area contributed by atoms with Crippen LogP contribution in [0.4, 0.5) is 35.1 Å². The van der Waals surface area contributed by atoms with Crippen LogP contribution in [0.2, 0.25) is 0 Å². The van der Waals surface area contributed by atoms with Gasteiger partial charge in [-0.2, -0.15) is 26.3 Å². The van der Waals surface area contributed by atoms with Gasteiger partial charge in [-0.05, 0) is 98.7 Å². The lowest BCUT2D eigenvalue weighted by molar-refractivity contribution is -0.288. The third kappa shape index (κ3) is 13.7. The van der Waals surface area contributed by atoms with Crippen LogP contribution < -0.4 is 18.9 Å². The molecule has 0 aromatic heterocycles. The van der Waals surface area contributed by atoms with Crippen molar-refractivity contribution in [2.45, 2.75) is 84.0 Å². The smallest absolute Gasteiger partial charge is 0.411 e. The first-order valence-electron chi connectivity index (χ1n) is 22.8. The minimum atomic E-state index is -5.97. The Bertz CT molecular complexity index is 2230. The Kier molecular flexibility index (Phi) is 19.4. The van der Waals surface area contributed by atoms with Gasteiger partial charge in [-0.1, -0.05) is 51.5 Å². The molecule has 10 nitrogen and oxygen atoms in total. The summed E-state index contributed by atoms with van der Waals surface area (Å²) in [5.41, 5.74) is -7.86. The van der Waals surface area contributed by atoms with E-state index in [0.717, 1.165) is 57.1 Å². The van der Waals surface area contributed by atoms with Crippen LogP contribution in [0.3, 0.4) is 0 Å². The van der Waals surface area contributed by atoms with Crippen LogP contribution in [-0.4, -0.2) is 90.4 Å². The molecule has 0 aliphatic carbocycles. The highest BCUT2D eigenvalue weighted by molar-refractivity contribution is 5.92. The van der Waals surface area contributed by atoms with Crippen molar-refractivity contribution in [2.24, 2.45) is 10.8 Å². The topological polar surface area (TPSA) is 108 Å². The molecule has 69 heavy (non-hydrogen) atoms. The van der Waals surface area contributed by atoms with E-state index in [1.807, 2.05) is 0 Å². The highest BCUT2D eigenvalue weighted by Gasteiger charge is 2.72. The van der Waals surface area contributed by atoms with Crippen LogP contribution in [0.15, 0.2) is 84.9 Å². The molecular weight excluding hydrogens is 925 g/mol. The first kappa shape index (κ1) is 54.6. The van der Waals surface area contributed by atoms with E-state index in [2.05, 4.69) is 20.8 Å². The molecule has 0 amide bonds. The number of rotatable bonds is 23. The zero-order chi connectivity index (χ0) is 50.3. The lowest BCUT2D eigenvalue weighted by Crippen LogP contribution is -2.54. The maximum Gasteiger partial charge on any atom is 0.411 e. The van der Waals surface area contributed by atoms with Crippen molar-refractivity contribution in [1.29, 1.82) is 0 Å². The number of carbonyl (C=O) groups is 2. The van der Waals surface area contributed by atoms with Gasteiger partial charge in [0.05, 0.1) is 64.0 Å². The molecule has 2 aliphatic heterocycles. The van der Waals surface area contributed by atoms with Gasteiger partial charge >= 0.3 is 24.3 Å². The number of alkyl halides is 6. The second kappa shape index (κ2) is 24.5. The summed E-state index contributed by atoms with van der Waals surface area (Å²) in [7, 11) is 0. The van der Waals surface area contributed by atoms with Crippen LogP contribution in [0, 0.1) is 22.5 Å². The molecule has 18 heteroatoms. The van der Waals surface area contributed by atoms with Gasteiger partial charge in [0.15, 0.2) is 0 Å². The van der Waals surface area contributed by atoms with Crippen molar-refractivity contribution in [2.75, 3.05) is 66.1 Å². The van der Waals surface area contributed by atoms with Crippen molar-refractivity contribution in [3.05, 3.63) is 119 Å². The van der Waals surface area contributed by atoms with Crippen LogP contribution in [-0.2, 0) is 24.4 Å². The van der Waals surface area contributed by atoms with Crippen molar-refractivity contribution < 1.29 is 82.6 Å². The van der Waals surface area contributed by atoms with Gasteiger partial charge in [0.1, 0.15) is 34.6 Å². The van der Waals surface area contributed by atoms with Gasteiger partial charge < -0.3 is 37.9 Å². The lowest BCUT2D eigenvalue weighted by Gasteiger charge is -2.40. The van der Waals surface area contributed by atoms with E-state index in [4.69, 9.17) is 37.9 Å². The summed E-state index contributed by atoms with van der Waals surface area (Å²) in [5, 5.41) is 0. The quantitative estimate of drug-likeness (QED) is 0.0308. The maximum atomic E-state index is 14.9. The summed E-state index contributed by atoms with van der Waals surface area (Å²) in [4.78, 5) is 25.3. The minimum absolute atomic E-state index is 0.0768. The van der Waals surface area contributed by atoms with Crippen molar-refractivity contribution >= 4 is 11.9 Å². The zero-order valence-corrected chi connectivity index (χ0v) is 39.0. The highest BCUT2D eigenvalue weighted by atomic mass is 19.4. The number of benzene rings is 4. The summed E-state index contributed by atoms with van der Waals surface area (Å²) in [6.45, 7) is 14.7. The Balaban J connectivity index is 0.000000644. The van der Waals surface area contributed by atoms with E-state index in [9.17, 15) is 44.7 Å². The van der Waals surface area contributed by atoms with Crippen LogP contribution in [0.5, 0.6) is 23.0 Å². The van der Waals surface area contributed by atoms with Gasteiger partial charge in [0.2, 0.25) is 5.41 Å². The summed E-state index contributed by atoms with van der Waals surface area (Å²) in [6, 6.07) is 11.3. The molecule has 0 radical (unpaired) electrons. The molecule has 2 heterocycles. The van der Waals surface area contributed by atoms with Gasteiger partial charge in [0, 0.05) is 36.2 Å². The van der Waals surface area contributed by atoms with E-state index < -0.39 is 75.1 Å². The molecule has 4 aromatic carbocycles. The fraction of sp³-hybridized carbons (Fsp3) is 0.490. The molecule has 0 bridgehead atoms. The molecule has 2 fully saturated rings. The number of hydrogen-bond acceptors (Lipinski definition) is 10. The van der Waals surface area contributed by atoms with E-state index >= 15 is 0 Å². The Labute approximate surface area is 396 Å². The summed E-state index contributed by atoms with van der Waals surface area (Å²) in [5.74, 6) is -5.28. The molecule has 0 atom stereocenters. The first-order valence-corrected chi connectivity index (χ1v) is 22.8. The van der Waals surface area contributed by atoms with Gasteiger partial charge in [0.25, 0.3) is 0 Å². The van der Waals surface area contributed by atoms with E-state index in [-0.39, 0.29) is 30.1 Å². The number of halogens is 8. The van der Waals surface area contributed by atoms with E-state index in [1.165, 1.54) is 31.4 Å². The van der Waals surface area contributed by atoms with Gasteiger partial charge in [-0.15, -0.1) is 0 Å². The van der Waals surface area contributed by atoms with Crippen LogP contribution in [0.25, 0.3) is 0 Å². The maximum absolute atomic E-state index is 14.9. The fourth-order valence-corrected chi connectivity index (χ4v) is 7.40. The second-order valence-electron chi connectivity index (χ2n) is 17.0. The van der Waals surface area contributed by atoms with Crippen molar-refractivity contribution in [1.82, 2.24) is 0 Å². The normalized spacial score (nSPS) is 15.2. The van der Waals surface area contributed by atoms with Crippen molar-refractivity contribution in [3.63, 3.8) is 0 Å². The molecule has 378 valence electrons. The Hall–Kier alpha value is -5.30. The monoisotopic (exact) mass is 982 g/mol. The Morgan fingerprint density at radius 3 is 1.28 bits per heavy atom. The van der Waals surface area contributed by atoms with Crippen LogP contribution >= 0.6 is 0 Å². The lowest BCUT2D eigenvalue weighted by atomic mass is 9.73. The molecule has 2 saturated heterocycles. The second-order valence-corrected chi connectivity index (χ2v) is 17.0. The Morgan fingerprint density at radius 2 is 0.928 bits per heavy atom. The first-order chi connectivity index (χ1) is 32.9. The molecule has 4 aromatic rings. The molecule has 0 spiro atoms. The number of ether oxygens (including phenoxy) is 8. The summed E-state index contributed by atoms with van der Waals surface area (Å²) >= 11 is 0. The van der Waals surface area contributed by atoms with Crippen LogP contribution in [0.1, 0.15) is 98.1 Å². The van der Waals surface area contributed by atoms with Gasteiger partial charge in [-0.3, -0.25) is 0 Å². The number of unbranched alkanes of at least 4 members (excludes halogenated alkanes) is 2. The standard InChI is InChI=1S/C41H38F8O8.C10H20O2/c1-3-38(24-53-25-38)23-52-19-5-6-20-55-31-16-18-33(35(43)22-31)37(51)57-29-13-9-27(10-14-29)39(40(44,45)46,41(47,48)49)26-7-11-28(12-8-26)56-36(50)32-17-15-30(54-4-2)21-34(32)42;1-3-5-6-11-7-10(4-2)8-12-9-10/h7-18,21-22H,3-6,19-20,23-25H2,1-2H3;3-9H2,1-2H3. The van der Waals surface area contributed by atoms with Gasteiger partial charge in [-0.25, -0.2) is 18.4 Å². The average molecular weight is 983 g/mol. The largest absolute Gasteiger partial charge is 0.494 e. The molecule has 0 N–H and O–H groups in total. The van der Waals surface area contributed by atoms with Crippen molar-refractivity contribution in [3.8, 4) is 23.0 Å². The predicted octanol–water partition coefficient (Wildman–Crippen LogP) is 12.0. The zero-order valence-electron chi connectivity index (χ0n) is 39.0. The number of carbonyl (C=O) groups excluding carboxylic acids is 2. The minimum Gasteiger partial charge on any atom is -0.494 e. The summed E-state index contributed by atoms with van der Waals surface area (Å²) < 4.78 is 160. The highest BCUT2D eigenvalue weighted by Crippen LogP contribution is 2.56. The van der Waals surface area contributed by atoms with E-state index in [0.29, 0.717) is 93.2 Å². The SMILES string of the molecule is CCCCOCC1(CC)COC1.CCOc1ccc(C(=O)Oc2ccc(C(c3ccc(OC(=O)c4ccc(OCCCCOCC5(CC)COC5)cc4F)cc3)(C(F)(F)F)C(F)(F)F)cc2)c(F)c1. The summed E-state index contributed by atoms with van der Waals surface area (Å²) in [6.07, 6.45) is -6.11. The fourth-order valence-electron chi connectivity index (χ4n) is 7.40. The third-order valence-electron chi connectivity index (χ3n) is 12.0.